The number of amides is 1. The van der Waals surface area contributed by atoms with Crippen LogP contribution in [0.3, 0.4) is 0 Å². The Morgan fingerprint density at radius 2 is 2.24 bits per heavy atom. The van der Waals surface area contributed by atoms with Crippen LogP contribution in [0.4, 0.5) is 8.78 Å². The third-order valence-corrected chi connectivity index (χ3v) is 3.65. The van der Waals surface area contributed by atoms with Gasteiger partial charge in [0, 0.05) is 19.5 Å². The van der Waals surface area contributed by atoms with Gasteiger partial charge >= 0.3 is 12.6 Å². The van der Waals surface area contributed by atoms with Gasteiger partial charge in [0.2, 0.25) is 5.91 Å². The standard InChI is InChI=1S/C17H18F2N2O4/c1-3-5-13(16(23)24-2)20-15(22)14-10-21(14)9-11-6-4-7-12(8-11)25-17(18)19/h1,4,6-8,13-14,17H,5,9-10H2,2H3,(H,20,22)/t13-,14?,21?/m0/s1. The van der Waals surface area contributed by atoms with Gasteiger partial charge in [-0.15, -0.1) is 12.3 Å². The molecule has 1 fully saturated rings. The molecule has 3 atom stereocenters. The van der Waals surface area contributed by atoms with E-state index >= 15 is 0 Å². The minimum Gasteiger partial charge on any atom is -0.467 e. The number of carbonyl (C=O) groups is 2. The van der Waals surface area contributed by atoms with Crippen LogP contribution in [-0.4, -0.2) is 49.1 Å². The van der Waals surface area contributed by atoms with Gasteiger partial charge < -0.3 is 14.8 Å². The van der Waals surface area contributed by atoms with Gasteiger partial charge in [-0.25, -0.2) is 4.79 Å². The van der Waals surface area contributed by atoms with Crippen molar-refractivity contribution in [3.8, 4) is 18.1 Å². The number of halogens is 2. The normalized spacial score (nSPS) is 19.6. The molecule has 2 unspecified atom stereocenters. The van der Waals surface area contributed by atoms with Gasteiger partial charge in [-0.2, -0.15) is 8.78 Å². The Labute approximate surface area is 144 Å². The second kappa shape index (κ2) is 8.44. The highest BCUT2D eigenvalue weighted by molar-refractivity contribution is 5.89. The molecule has 1 aromatic carbocycles. The van der Waals surface area contributed by atoms with Crippen molar-refractivity contribution in [2.45, 2.75) is 31.7 Å². The van der Waals surface area contributed by atoms with E-state index in [1.807, 2.05) is 4.90 Å². The minimum atomic E-state index is -2.89. The monoisotopic (exact) mass is 352 g/mol. The zero-order chi connectivity index (χ0) is 18.4. The van der Waals surface area contributed by atoms with E-state index < -0.39 is 24.7 Å². The van der Waals surface area contributed by atoms with Crippen molar-refractivity contribution in [2.75, 3.05) is 13.7 Å². The van der Waals surface area contributed by atoms with Gasteiger partial charge in [-0.05, 0) is 17.7 Å². The summed E-state index contributed by atoms with van der Waals surface area (Å²) in [6.07, 6.45) is 5.22. The lowest BCUT2D eigenvalue weighted by molar-refractivity contribution is -0.144. The number of rotatable bonds is 8. The molecule has 0 aromatic heterocycles. The van der Waals surface area contributed by atoms with Crippen LogP contribution >= 0.6 is 0 Å². The number of nitrogens with zero attached hydrogens (tertiary/aromatic N) is 1. The fraction of sp³-hybridized carbons (Fsp3) is 0.412. The van der Waals surface area contributed by atoms with Crippen LogP contribution in [0.5, 0.6) is 5.75 Å². The number of hydrogen-bond donors (Lipinski definition) is 1. The summed E-state index contributed by atoms with van der Waals surface area (Å²) < 4.78 is 33.4. The van der Waals surface area contributed by atoms with Gasteiger partial charge in [0.15, 0.2) is 0 Å². The van der Waals surface area contributed by atoms with Crippen LogP contribution in [0.1, 0.15) is 12.0 Å². The first kappa shape index (κ1) is 18.7. The van der Waals surface area contributed by atoms with Crippen LogP contribution in [0.15, 0.2) is 24.3 Å². The Bertz CT molecular complexity index is 675. The number of hydrogen-bond acceptors (Lipinski definition) is 5. The number of terminal acetylenes is 1. The summed E-state index contributed by atoms with van der Waals surface area (Å²) in [5.41, 5.74) is 0.738. The third kappa shape index (κ3) is 5.43. The van der Waals surface area contributed by atoms with E-state index in [9.17, 15) is 18.4 Å². The Hall–Kier alpha value is -2.66. The summed E-state index contributed by atoms with van der Waals surface area (Å²) in [6, 6.07) is 5.00. The predicted molar refractivity (Wildman–Crippen MR) is 84.7 cm³/mol. The molecule has 134 valence electrons. The molecule has 8 heteroatoms. The Kier molecular flexibility index (Phi) is 6.31. The van der Waals surface area contributed by atoms with Crippen LogP contribution in [0.2, 0.25) is 0 Å². The van der Waals surface area contributed by atoms with Crippen LogP contribution in [0, 0.1) is 12.3 Å². The van der Waals surface area contributed by atoms with Crippen molar-refractivity contribution in [3.63, 3.8) is 0 Å². The molecule has 1 aliphatic rings. The molecule has 0 saturated carbocycles. The molecule has 0 radical (unpaired) electrons. The van der Waals surface area contributed by atoms with Crippen molar-refractivity contribution < 1.29 is 27.8 Å². The molecule has 1 heterocycles. The van der Waals surface area contributed by atoms with E-state index in [1.54, 1.807) is 12.1 Å². The van der Waals surface area contributed by atoms with Gasteiger partial charge in [-0.3, -0.25) is 9.69 Å². The molecule has 1 amide bonds. The molecular formula is C17H18F2N2O4. The number of carbonyl (C=O) groups excluding carboxylic acids is 2. The average molecular weight is 352 g/mol. The maximum absolute atomic E-state index is 12.2. The number of benzene rings is 1. The lowest BCUT2D eigenvalue weighted by atomic mass is 10.2. The topological polar surface area (TPSA) is 67.6 Å². The Morgan fingerprint density at radius 3 is 2.88 bits per heavy atom. The van der Waals surface area contributed by atoms with E-state index in [0.717, 1.165) is 5.56 Å². The molecule has 1 aliphatic heterocycles. The van der Waals surface area contributed by atoms with Crippen LogP contribution in [0.25, 0.3) is 0 Å². The number of ether oxygens (including phenoxy) is 2. The van der Waals surface area contributed by atoms with Gasteiger partial charge in [0.05, 0.1) is 7.11 Å². The van der Waals surface area contributed by atoms with E-state index in [2.05, 4.69) is 20.7 Å². The summed E-state index contributed by atoms with van der Waals surface area (Å²) in [5, 5.41) is 2.56. The number of esters is 1. The number of nitrogens with one attached hydrogen (secondary N) is 1. The third-order valence-electron chi connectivity index (χ3n) is 3.65. The fourth-order valence-electron chi connectivity index (χ4n) is 2.37. The molecule has 6 nitrogen and oxygen atoms in total. The Balaban J connectivity index is 1.88. The fourth-order valence-corrected chi connectivity index (χ4v) is 2.37. The van der Waals surface area contributed by atoms with Gasteiger partial charge in [-0.1, -0.05) is 12.1 Å². The smallest absolute Gasteiger partial charge is 0.387 e. The van der Waals surface area contributed by atoms with E-state index in [0.29, 0.717) is 13.1 Å². The molecule has 25 heavy (non-hydrogen) atoms. The first-order valence-electron chi connectivity index (χ1n) is 7.54. The van der Waals surface area contributed by atoms with Crippen LogP contribution < -0.4 is 10.1 Å². The first-order chi connectivity index (χ1) is 11.9. The molecular weight excluding hydrogens is 334 g/mol. The lowest BCUT2D eigenvalue weighted by Crippen LogP contribution is -2.43. The highest BCUT2D eigenvalue weighted by Gasteiger charge is 2.41. The minimum absolute atomic E-state index is 0.0398. The van der Waals surface area contributed by atoms with Crippen molar-refractivity contribution in [1.29, 1.82) is 0 Å². The molecule has 0 bridgehead atoms. The SMILES string of the molecule is C#CC[C@H](NC(=O)C1CN1Cc1cccc(OC(F)F)c1)C(=O)OC. The molecule has 1 aromatic rings. The van der Waals surface area contributed by atoms with E-state index in [4.69, 9.17) is 6.42 Å². The van der Waals surface area contributed by atoms with Crippen molar-refractivity contribution in [3.05, 3.63) is 29.8 Å². The molecule has 0 spiro atoms. The average Bonchev–Trinajstić information content (AvgIpc) is 3.32. The van der Waals surface area contributed by atoms with Gasteiger partial charge in [0.25, 0.3) is 0 Å². The van der Waals surface area contributed by atoms with Crippen molar-refractivity contribution >= 4 is 11.9 Å². The van der Waals surface area contributed by atoms with Crippen LogP contribution in [-0.2, 0) is 20.9 Å². The first-order valence-corrected chi connectivity index (χ1v) is 7.54. The second-order valence-corrected chi connectivity index (χ2v) is 5.46. The predicted octanol–water partition coefficient (Wildman–Crippen LogP) is 1.15. The summed E-state index contributed by atoms with van der Waals surface area (Å²) in [7, 11) is 1.22. The molecule has 0 aliphatic carbocycles. The summed E-state index contributed by atoms with van der Waals surface area (Å²) in [6.45, 7) is -1.99. The highest BCUT2D eigenvalue weighted by Crippen LogP contribution is 2.24. The second-order valence-electron chi connectivity index (χ2n) is 5.46. The molecule has 1 saturated heterocycles. The van der Waals surface area contributed by atoms with E-state index in [-0.39, 0.29) is 18.1 Å². The zero-order valence-electron chi connectivity index (χ0n) is 13.6. The summed E-state index contributed by atoms with van der Waals surface area (Å²) in [5.74, 6) is 1.45. The molecule has 2 rings (SSSR count). The van der Waals surface area contributed by atoms with Crippen molar-refractivity contribution in [2.24, 2.45) is 0 Å². The maximum atomic E-state index is 12.2. The molecule has 1 N–H and O–H groups in total. The van der Waals surface area contributed by atoms with Crippen molar-refractivity contribution in [1.82, 2.24) is 10.2 Å². The quantitative estimate of drug-likeness (QED) is 0.432. The van der Waals surface area contributed by atoms with Gasteiger partial charge in [0.1, 0.15) is 17.8 Å². The number of alkyl halides is 2. The van der Waals surface area contributed by atoms with E-state index in [1.165, 1.54) is 19.2 Å². The lowest BCUT2D eigenvalue weighted by Gasteiger charge is -2.14. The largest absolute Gasteiger partial charge is 0.467 e. The summed E-state index contributed by atoms with van der Waals surface area (Å²) >= 11 is 0. The zero-order valence-corrected chi connectivity index (χ0v) is 13.6. The highest BCUT2D eigenvalue weighted by atomic mass is 19.3. The number of methoxy groups -OCH3 is 1. The Morgan fingerprint density at radius 1 is 1.48 bits per heavy atom. The maximum Gasteiger partial charge on any atom is 0.387 e. The summed E-state index contributed by atoms with van der Waals surface area (Å²) in [4.78, 5) is 25.5.